The number of anilines is 1. The van der Waals surface area contributed by atoms with Crippen molar-refractivity contribution in [2.45, 2.75) is 26.8 Å². The molecule has 0 fully saturated rings. The van der Waals surface area contributed by atoms with E-state index in [1.807, 2.05) is 50.2 Å². The lowest BCUT2D eigenvalue weighted by Gasteiger charge is -2.11. The minimum atomic E-state index is -0.486. The molecule has 0 aliphatic heterocycles. The summed E-state index contributed by atoms with van der Waals surface area (Å²) in [7, 11) is 1.61. The number of hydrogen-bond acceptors (Lipinski definition) is 4. The van der Waals surface area contributed by atoms with Crippen molar-refractivity contribution in [2.24, 2.45) is 0 Å². The zero-order chi connectivity index (χ0) is 20.1. The molecular formula is C22H23N3O3. The first-order valence-electron chi connectivity index (χ1n) is 9.27. The van der Waals surface area contributed by atoms with Gasteiger partial charge in [-0.05, 0) is 43.7 Å². The SMILES string of the molecule is CCCOC(=O)Nc1cccc(-c2c(C#N)c3cc(OC)ccc3n2CC)c1. The van der Waals surface area contributed by atoms with Gasteiger partial charge >= 0.3 is 6.09 Å². The first kappa shape index (κ1) is 19.3. The van der Waals surface area contributed by atoms with Crippen molar-refractivity contribution < 1.29 is 14.3 Å². The molecule has 6 heteroatoms. The Kier molecular flexibility index (Phi) is 5.85. The number of nitriles is 1. The molecule has 2 aromatic carbocycles. The van der Waals surface area contributed by atoms with E-state index in [2.05, 4.69) is 16.0 Å². The molecule has 0 saturated heterocycles. The Balaban J connectivity index is 2.09. The Labute approximate surface area is 164 Å². The van der Waals surface area contributed by atoms with E-state index in [1.165, 1.54) is 0 Å². The topological polar surface area (TPSA) is 76.3 Å². The predicted molar refractivity (Wildman–Crippen MR) is 110 cm³/mol. The first-order valence-corrected chi connectivity index (χ1v) is 9.27. The third kappa shape index (κ3) is 3.65. The smallest absolute Gasteiger partial charge is 0.411 e. The molecule has 1 amide bonds. The van der Waals surface area contributed by atoms with Crippen molar-refractivity contribution in [3.05, 3.63) is 48.0 Å². The molecule has 6 nitrogen and oxygen atoms in total. The van der Waals surface area contributed by atoms with Crippen LogP contribution < -0.4 is 10.1 Å². The van der Waals surface area contributed by atoms with Crippen LogP contribution in [0.1, 0.15) is 25.8 Å². The van der Waals surface area contributed by atoms with Crippen molar-refractivity contribution in [1.29, 1.82) is 5.26 Å². The number of nitrogens with one attached hydrogen (secondary N) is 1. The molecule has 0 saturated carbocycles. The Morgan fingerprint density at radius 2 is 2.04 bits per heavy atom. The van der Waals surface area contributed by atoms with Gasteiger partial charge in [0.05, 0.1) is 30.5 Å². The average Bonchev–Trinajstić information content (AvgIpc) is 3.04. The number of aryl methyl sites for hydroxylation is 1. The number of nitrogens with zero attached hydrogens (tertiary/aromatic N) is 2. The zero-order valence-electron chi connectivity index (χ0n) is 16.3. The van der Waals surface area contributed by atoms with Crippen LogP contribution in [-0.2, 0) is 11.3 Å². The van der Waals surface area contributed by atoms with Crippen molar-refractivity contribution >= 4 is 22.7 Å². The van der Waals surface area contributed by atoms with Gasteiger partial charge in [0.25, 0.3) is 0 Å². The first-order chi connectivity index (χ1) is 13.6. The van der Waals surface area contributed by atoms with Crippen LogP contribution in [0.5, 0.6) is 5.75 Å². The lowest BCUT2D eigenvalue weighted by molar-refractivity contribution is 0.161. The molecule has 1 aromatic heterocycles. The minimum Gasteiger partial charge on any atom is -0.497 e. The monoisotopic (exact) mass is 377 g/mol. The largest absolute Gasteiger partial charge is 0.497 e. The van der Waals surface area contributed by atoms with Crippen LogP contribution in [0, 0.1) is 11.3 Å². The van der Waals surface area contributed by atoms with E-state index in [4.69, 9.17) is 9.47 Å². The van der Waals surface area contributed by atoms with Crippen molar-refractivity contribution in [2.75, 3.05) is 19.0 Å². The number of amides is 1. The van der Waals surface area contributed by atoms with Gasteiger partial charge in [0.15, 0.2) is 0 Å². The van der Waals surface area contributed by atoms with Crippen molar-refractivity contribution in [3.8, 4) is 23.1 Å². The summed E-state index contributed by atoms with van der Waals surface area (Å²) in [6.45, 7) is 5.06. The normalized spacial score (nSPS) is 10.5. The maximum Gasteiger partial charge on any atom is 0.411 e. The van der Waals surface area contributed by atoms with E-state index < -0.39 is 6.09 Å². The summed E-state index contributed by atoms with van der Waals surface area (Å²) >= 11 is 0. The summed E-state index contributed by atoms with van der Waals surface area (Å²) in [6.07, 6.45) is 0.277. The van der Waals surface area contributed by atoms with Gasteiger partial charge in [0.1, 0.15) is 11.8 Å². The molecular weight excluding hydrogens is 354 g/mol. The van der Waals surface area contributed by atoms with E-state index >= 15 is 0 Å². The van der Waals surface area contributed by atoms with Crippen molar-refractivity contribution in [1.82, 2.24) is 4.57 Å². The van der Waals surface area contributed by atoms with Gasteiger partial charge in [0, 0.05) is 23.2 Å². The number of fused-ring (bicyclic) bond motifs is 1. The Morgan fingerprint density at radius 1 is 1.21 bits per heavy atom. The summed E-state index contributed by atoms with van der Waals surface area (Å²) in [5, 5.41) is 13.5. The predicted octanol–water partition coefficient (Wildman–Crippen LogP) is 5.17. The second-order valence-corrected chi connectivity index (χ2v) is 6.30. The fourth-order valence-corrected chi connectivity index (χ4v) is 3.30. The molecule has 0 bridgehead atoms. The molecule has 0 spiro atoms. The number of ether oxygens (including phenoxy) is 2. The van der Waals surface area contributed by atoms with Crippen LogP contribution in [-0.4, -0.2) is 24.4 Å². The molecule has 3 rings (SSSR count). The van der Waals surface area contributed by atoms with E-state index in [-0.39, 0.29) is 0 Å². The van der Waals surface area contributed by atoms with E-state index in [9.17, 15) is 10.1 Å². The fraction of sp³-hybridized carbons (Fsp3) is 0.273. The van der Waals surface area contributed by atoms with Crippen LogP contribution in [0.4, 0.5) is 10.5 Å². The van der Waals surface area contributed by atoms with E-state index in [1.54, 1.807) is 13.2 Å². The van der Waals surface area contributed by atoms with Gasteiger partial charge < -0.3 is 14.0 Å². The Morgan fingerprint density at radius 3 is 2.71 bits per heavy atom. The molecule has 28 heavy (non-hydrogen) atoms. The number of carbonyl (C=O) groups is 1. The third-order valence-electron chi connectivity index (χ3n) is 4.52. The number of aromatic nitrogens is 1. The van der Waals surface area contributed by atoms with Crippen LogP contribution in [0.15, 0.2) is 42.5 Å². The number of carbonyl (C=O) groups excluding carboxylic acids is 1. The molecule has 3 aromatic rings. The number of benzene rings is 2. The van der Waals surface area contributed by atoms with Gasteiger partial charge in [-0.2, -0.15) is 5.26 Å². The van der Waals surface area contributed by atoms with E-state index in [0.29, 0.717) is 30.2 Å². The standard InChI is InChI=1S/C22H23N3O3/c1-4-11-28-22(26)24-16-8-6-7-15(12-16)21-19(14-23)18-13-17(27-3)9-10-20(18)25(21)5-2/h6-10,12-13H,4-5,11H2,1-3H3,(H,24,26). The summed E-state index contributed by atoms with van der Waals surface area (Å²) < 4.78 is 12.5. The molecule has 144 valence electrons. The Bertz CT molecular complexity index is 1050. The zero-order valence-corrected chi connectivity index (χ0v) is 16.3. The molecule has 1 N–H and O–H groups in total. The molecule has 0 aliphatic carbocycles. The summed E-state index contributed by atoms with van der Waals surface area (Å²) in [5.74, 6) is 0.706. The lowest BCUT2D eigenvalue weighted by atomic mass is 10.1. The molecule has 0 unspecified atom stereocenters. The average molecular weight is 377 g/mol. The van der Waals surface area contributed by atoms with Crippen LogP contribution >= 0.6 is 0 Å². The fourth-order valence-electron chi connectivity index (χ4n) is 3.30. The molecule has 1 heterocycles. The Hall–Kier alpha value is -3.46. The molecule has 0 atom stereocenters. The van der Waals surface area contributed by atoms with Crippen LogP contribution in [0.2, 0.25) is 0 Å². The number of rotatable bonds is 6. The highest BCUT2D eigenvalue weighted by atomic mass is 16.5. The maximum atomic E-state index is 11.9. The van der Waals surface area contributed by atoms with Gasteiger partial charge in [-0.15, -0.1) is 0 Å². The highest BCUT2D eigenvalue weighted by molar-refractivity contribution is 5.96. The summed E-state index contributed by atoms with van der Waals surface area (Å²) in [4.78, 5) is 11.9. The second kappa shape index (κ2) is 8.49. The highest BCUT2D eigenvalue weighted by Gasteiger charge is 2.19. The quantitative estimate of drug-likeness (QED) is 0.643. The molecule has 0 aliphatic rings. The maximum absolute atomic E-state index is 11.9. The lowest BCUT2D eigenvalue weighted by Crippen LogP contribution is -2.14. The summed E-state index contributed by atoms with van der Waals surface area (Å²) in [6, 6.07) is 15.5. The number of methoxy groups -OCH3 is 1. The third-order valence-corrected chi connectivity index (χ3v) is 4.52. The van der Waals surface area contributed by atoms with E-state index in [0.717, 1.165) is 28.6 Å². The molecule has 0 radical (unpaired) electrons. The van der Waals surface area contributed by atoms with Crippen molar-refractivity contribution in [3.63, 3.8) is 0 Å². The van der Waals surface area contributed by atoms with Crippen LogP contribution in [0.3, 0.4) is 0 Å². The van der Waals surface area contributed by atoms with Gasteiger partial charge in [0.2, 0.25) is 0 Å². The summed E-state index contributed by atoms with van der Waals surface area (Å²) in [5.41, 5.74) is 3.84. The highest BCUT2D eigenvalue weighted by Crippen LogP contribution is 2.36. The minimum absolute atomic E-state index is 0.371. The van der Waals surface area contributed by atoms with Crippen LogP contribution in [0.25, 0.3) is 22.2 Å². The number of hydrogen-bond donors (Lipinski definition) is 1. The van der Waals surface area contributed by atoms with Gasteiger partial charge in [-0.1, -0.05) is 19.1 Å². The second-order valence-electron chi connectivity index (χ2n) is 6.30. The van der Waals surface area contributed by atoms with Gasteiger partial charge in [-0.25, -0.2) is 4.79 Å². The van der Waals surface area contributed by atoms with Gasteiger partial charge in [-0.3, -0.25) is 5.32 Å².